The maximum Gasteiger partial charge on any atom is 0.416 e. The number of hydrogen-bond acceptors (Lipinski definition) is 7. The number of carbonyl (C=O) groups excluding carboxylic acids is 1. The normalized spacial score (nSPS) is 11.1. The van der Waals surface area contributed by atoms with E-state index in [0.29, 0.717) is 23.1 Å². The van der Waals surface area contributed by atoms with Crippen molar-refractivity contribution >= 4 is 23.1 Å². The van der Waals surface area contributed by atoms with E-state index in [0.717, 1.165) is 24.3 Å². The van der Waals surface area contributed by atoms with Gasteiger partial charge in [-0.3, -0.25) is 9.89 Å². The second-order valence-electron chi connectivity index (χ2n) is 7.83. The Morgan fingerprint density at radius 1 is 1.00 bits per heavy atom. The van der Waals surface area contributed by atoms with Gasteiger partial charge in [-0.05, 0) is 36.4 Å². The molecule has 2 aromatic carbocycles. The molecule has 0 fully saturated rings. The Morgan fingerprint density at radius 2 is 1.82 bits per heavy atom. The third-order valence-corrected chi connectivity index (χ3v) is 5.15. The number of benzene rings is 2. The van der Waals surface area contributed by atoms with Crippen LogP contribution < -0.4 is 24.8 Å². The lowest BCUT2D eigenvalue weighted by atomic mass is 10.1. The zero-order valence-corrected chi connectivity index (χ0v) is 20.0. The Hall–Kier alpha value is -4.81. The van der Waals surface area contributed by atoms with Gasteiger partial charge in [-0.25, -0.2) is 9.37 Å². The van der Waals surface area contributed by atoms with E-state index in [9.17, 15) is 22.4 Å². The fourth-order valence-electron chi connectivity index (χ4n) is 3.29. The Kier molecular flexibility index (Phi) is 7.65. The second kappa shape index (κ2) is 11.1. The molecule has 0 saturated heterocycles. The van der Waals surface area contributed by atoms with Crippen LogP contribution in [0, 0.1) is 5.82 Å². The van der Waals surface area contributed by atoms with Crippen molar-refractivity contribution in [2.24, 2.45) is 0 Å². The summed E-state index contributed by atoms with van der Waals surface area (Å²) in [6.07, 6.45) is -3.08. The molecule has 0 aliphatic carbocycles. The van der Waals surface area contributed by atoms with E-state index < -0.39 is 23.5 Å². The fourth-order valence-corrected chi connectivity index (χ4v) is 3.29. The van der Waals surface area contributed by atoms with Gasteiger partial charge in [0.15, 0.2) is 17.4 Å². The Labute approximate surface area is 213 Å². The Morgan fingerprint density at radius 3 is 2.50 bits per heavy atom. The Balaban J connectivity index is 1.42. The quantitative estimate of drug-likeness (QED) is 0.243. The molecule has 0 unspecified atom stereocenters. The molecule has 0 bridgehead atoms. The molecule has 1 amide bonds. The third-order valence-electron chi connectivity index (χ3n) is 5.15. The predicted octanol–water partition coefficient (Wildman–Crippen LogP) is 5.55. The molecule has 2 aromatic heterocycles. The van der Waals surface area contributed by atoms with Gasteiger partial charge in [0.05, 0.1) is 37.4 Å². The van der Waals surface area contributed by atoms with Gasteiger partial charge in [-0.2, -0.15) is 18.3 Å². The van der Waals surface area contributed by atoms with Crippen molar-refractivity contribution in [2.75, 3.05) is 24.9 Å². The van der Waals surface area contributed by atoms with Gasteiger partial charge >= 0.3 is 6.18 Å². The van der Waals surface area contributed by atoms with Crippen LogP contribution >= 0.6 is 0 Å². The molecular weight excluding hydrogens is 510 g/mol. The topological polar surface area (TPSA) is 110 Å². The SMILES string of the molecule is COc1cc(NC(=O)c2ccc(F)c(OCc3cc(Nc4ccc(OC)nc4)n[nH]3)c2)cc(C(F)(F)F)c1. The van der Waals surface area contributed by atoms with Gasteiger partial charge < -0.3 is 24.8 Å². The summed E-state index contributed by atoms with van der Waals surface area (Å²) in [5.74, 6) is -0.903. The summed E-state index contributed by atoms with van der Waals surface area (Å²) in [7, 11) is 2.72. The van der Waals surface area contributed by atoms with Crippen molar-refractivity contribution in [3.8, 4) is 17.4 Å². The molecule has 13 heteroatoms. The monoisotopic (exact) mass is 531 g/mol. The minimum atomic E-state index is -4.64. The molecule has 4 aromatic rings. The van der Waals surface area contributed by atoms with Gasteiger partial charge in [0.2, 0.25) is 5.88 Å². The number of H-pyrrole nitrogens is 1. The molecule has 3 N–H and O–H groups in total. The van der Waals surface area contributed by atoms with Crippen LogP contribution in [0.15, 0.2) is 60.8 Å². The summed E-state index contributed by atoms with van der Waals surface area (Å²) in [6.45, 7) is -0.109. The molecule has 0 radical (unpaired) electrons. The number of alkyl halides is 3. The van der Waals surface area contributed by atoms with Crippen LogP contribution in [0.2, 0.25) is 0 Å². The molecule has 0 aliphatic rings. The van der Waals surface area contributed by atoms with Crippen LogP contribution in [0.4, 0.5) is 34.8 Å². The first kappa shape index (κ1) is 26.3. The summed E-state index contributed by atoms with van der Waals surface area (Å²) in [5, 5.41) is 12.2. The van der Waals surface area contributed by atoms with Crippen LogP contribution in [0.3, 0.4) is 0 Å². The highest BCUT2D eigenvalue weighted by Gasteiger charge is 2.31. The summed E-state index contributed by atoms with van der Waals surface area (Å²) < 4.78 is 69.2. The van der Waals surface area contributed by atoms with Crippen LogP contribution in [-0.2, 0) is 12.8 Å². The summed E-state index contributed by atoms with van der Waals surface area (Å²) in [4.78, 5) is 16.8. The lowest BCUT2D eigenvalue weighted by Gasteiger charge is -2.13. The number of methoxy groups -OCH3 is 2. The number of aromatic amines is 1. The second-order valence-corrected chi connectivity index (χ2v) is 7.83. The highest BCUT2D eigenvalue weighted by Crippen LogP contribution is 2.34. The van der Waals surface area contributed by atoms with Crippen LogP contribution in [-0.4, -0.2) is 35.3 Å². The van der Waals surface area contributed by atoms with E-state index in [1.807, 2.05) is 0 Å². The highest BCUT2D eigenvalue weighted by atomic mass is 19.4. The van der Waals surface area contributed by atoms with E-state index in [2.05, 4.69) is 25.8 Å². The van der Waals surface area contributed by atoms with Gasteiger partial charge in [-0.1, -0.05) is 0 Å². The molecule has 4 rings (SSSR count). The fraction of sp³-hybridized carbons (Fsp3) is 0.160. The molecule has 2 heterocycles. The largest absolute Gasteiger partial charge is 0.497 e. The zero-order valence-electron chi connectivity index (χ0n) is 20.0. The standard InChI is InChI=1S/C25H21F4N5O4/c1-36-19-9-15(25(27,28)29)8-17(10-19)32-24(35)14-3-5-20(26)21(7-14)38-13-18-11-22(34-33-18)31-16-4-6-23(37-2)30-12-16/h3-12H,13H2,1-2H3,(H,32,35)(H2,31,33,34). The smallest absolute Gasteiger partial charge is 0.416 e. The molecule has 38 heavy (non-hydrogen) atoms. The number of hydrogen-bond donors (Lipinski definition) is 3. The predicted molar refractivity (Wildman–Crippen MR) is 129 cm³/mol. The number of halogens is 4. The zero-order chi connectivity index (χ0) is 27.3. The van der Waals surface area contributed by atoms with Crippen molar-refractivity contribution in [2.45, 2.75) is 12.8 Å². The van der Waals surface area contributed by atoms with Crippen LogP contribution in [0.25, 0.3) is 0 Å². The van der Waals surface area contributed by atoms with E-state index >= 15 is 0 Å². The van der Waals surface area contributed by atoms with Crippen LogP contribution in [0.1, 0.15) is 21.6 Å². The number of ether oxygens (including phenoxy) is 3. The first-order chi connectivity index (χ1) is 18.1. The number of aromatic nitrogens is 3. The summed E-state index contributed by atoms with van der Waals surface area (Å²) in [6, 6.07) is 11.2. The van der Waals surface area contributed by atoms with Gasteiger partial charge in [0.1, 0.15) is 12.4 Å². The van der Waals surface area contributed by atoms with E-state index in [1.54, 1.807) is 24.4 Å². The van der Waals surface area contributed by atoms with Gasteiger partial charge in [0.25, 0.3) is 5.91 Å². The molecule has 0 spiro atoms. The van der Waals surface area contributed by atoms with Gasteiger partial charge in [0, 0.05) is 29.4 Å². The maximum atomic E-state index is 14.3. The van der Waals surface area contributed by atoms with Crippen molar-refractivity contribution in [3.05, 3.63) is 83.4 Å². The number of pyridine rings is 1. The number of nitrogens with one attached hydrogen (secondary N) is 3. The maximum absolute atomic E-state index is 14.3. The van der Waals surface area contributed by atoms with Crippen LogP contribution in [0.5, 0.6) is 17.4 Å². The minimum Gasteiger partial charge on any atom is -0.497 e. The molecule has 0 atom stereocenters. The molecule has 0 aliphatic heterocycles. The van der Waals surface area contributed by atoms with Crippen molar-refractivity contribution in [3.63, 3.8) is 0 Å². The average molecular weight is 531 g/mol. The first-order valence-corrected chi connectivity index (χ1v) is 11.0. The molecule has 198 valence electrons. The summed E-state index contributed by atoms with van der Waals surface area (Å²) in [5.41, 5.74) is -0.00563. The summed E-state index contributed by atoms with van der Waals surface area (Å²) >= 11 is 0. The molecule has 0 saturated carbocycles. The third kappa shape index (κ3) is 6.49. The number of carbonyl (C=O) groups is 1. The van der Waals surface area contributed by atoms with E-state index in [4.69, 9.17) is 14.2 Å². The minimum absolute atomic E-state index is 0.0308. The van der Waals surface area contributed by atoms with Crippen molar-refractivity contribution in [1.82, 2.24) is 15.2 Å². The van der Waals surface area contributed by atoms with Gasteiger partial charge in [-0.15, -0.1) is 0 Å². The van der Waals surface area contributed by atoms with E-state index in [-0.39, 0.29) is 29.4 Å². The molecule has 9 nitrogen and oxygen atoms in total. The number of anilines is 3. The Bertz CT molecular complexity index is 1420. The highest BCUT2D eigenvalue weighted by molar-refractivity contribution is 6.04. The average Bonchev–Trinajstić information content (AvgIpc) is 3.35. The lowest BCUT2D eigenvalue weighted by Crippen LogP contribution is -2.14. The lowest BCUT2D eigenvalue weighted by molar-refractivity contribution is -0.137. The van der Waals surface area contributed by atoms with Crippen molar-refractivity contribution in [1.29, 1.82) is 0 Å². The first-order valence-electron chi connectivity index (χ1n) is 11.0. The number of rotatable bonds is 9. The molecular formula is C25H21F4N5O4. The number of nitrogens with zero attached hydrogens (tertiary/aromatic N) is 2. The van der Waals surface area contributed by atoms with E-state index in [1.165, 1.54) is 26.4 Å². The van der Waals surface area contributed by atoms with Crippen molar-refractivity contribution < 1.29 is 36.6 Å². The number of amides is 1.